The van der Waals surface area contributed by atoms with E-state index in [4.69, 9.17) is 4.74 Å². The third-order valence-corrected chi connectivity index (χ3v) is 4.87. The van der Waals surface area contributed by atoms with Crippen LogP contribution in [-0.4, -0.2) is 29.4 Å². The lowest BCUT2D eigenvalue weighted by Crippen LogP contribution is -2.45. The SMILES string of the molecule is Cc1cc(C2CN(c3cn[nH]c(=O)c3C)CC(CC(C)C)O2)ccc1F. The van der Waals surface area contributed by atoms with Gasteiger partial charge in [0.15, 0.2) is 0 Å². The van der Waals surface area contributed by atoms with Gasteiger partial charge in [0.25, 0.3) is 5.56 Å². The van der Waals surface area contributed by atoms with Crippen LogP contribution in [0, 0.1) is 25.6 Å². The highest BCUT2D eigenvalue weighted by Crippen LogP contribution is 2.31. The molecule has 1 aliphatic heterocycles. The Labute approximate surface area is 153 Å². The van der Waals surface area contributed by atoms with E-state index in [1.807, 2.05) is 6.07 Å². The van der Waals surface area contributed by atoms with Crippen LogP contribution in [-0.2, 0) is 4.74 Å². The first-order chi connectivity index (χ1) is 12.3. The molecule has 2 aromatic rings. The summed E-state index contributed by atoms with van der Waals surface area (Å²) in [6, 6.07) is 5.12. The van der Waals surface area contributed by atoms with Gasteiger partial charge in [-0.05, 0) is 43.4 Å². The van der Waals surface area contributed by atoms with E-state index < -0.39 is 0 Å². The molecule has 1 saturated heterocycles. The third-order valence-electron chi connectivity index (χ3n) is 4.87. The molecule has 0 bridgehead atoms. The average Bonchev–Trinajstić information content (AvgIpc) is 2.59. The van der Waals surface area contributed by atoms with Gasteiger partial charge in [-0.1, -0.05) is 26.0 Å². The molecule has 2 unspecified atom stereocenters. The van der Waals surface area contributed by atoms with Crippen molar-refractivity contribution in [3.8, 4) is 0 Å². The van der Waals surface area contributed by atoms with Crippen LogP contribution in [0.1, 0.15) is 43.1 Å². The van der Waals surface area contributed by atoms with Crippen molar-refractivity contribution < 1.29 is 9.13 Å². The van der Waals surface area contributed by atoms with Crippen LogP contribution in [0.25, 0.3) is 0 Å². The first kappa shape index (κ1) is 18.6. The Bertz CT molecular complexity index is 834. The molecule has 0 amide bonds. The lowest BCUT2D eigenvalue weighted by atomic mass is 9.99. The highest BCUT2D eigenvalue weighted by atomic mass is 19.1. The fraction of sp³-hybridized carbons (Fsp3) is 0.500. The zero-order valence-electron chi connectivity index (χ0n) is 15.8. The Balaban J connectivity index is 1.93. The third kappa shape index (κ3) is 3.96. The number of H-pyrrole nitrogens is 1. The summed E-state index contributed by atoms with van der Waals surface area (Å²) in [5.74, 6) is 0.281. The van der Waals surface area contributed by atoms with E-state index in [-0.39, 0.29) is 23.6 Å². The molecule has 1 aliphatic rings. The van der Waals surface area contributed by atoms with E-state index in [1.54, 1.807) is 26.1 Å². The summed E-state index contributed by atoms with van der Waals surface area (Å²) in [5, 5.41) is 6.43. The maximum atomic E-state index is 13.7. The summed E-state index contributed by atoms with van der Waals surface area (Å²) in [6.07, 6.45) is 2.48. The van der Waals surface area contributed by atoms with Gasteiger partial charge in [-0.3, -0.25) is 4.79 Å². The van der Waals surface area contributed by atoms with Crippen molar-refractivity contribution in [2.24, 2.45) is 5.92 Å². The monoisotopic (exact) mass is 359 g/mol. The number of nitrogens with one attached hydrogen (secondary N) is 1. The molecule has 5 nitrogen and oxygen atoms in total. The van der Waals surface area contributed by atoms with Crippen molar-refractivity contribution in [2.75, 3.05) is 18.0 Å². The number of aromatic amines is 1. The zero-order chi connectivity index (χ0) is 18.8. The molecule has 0 saturated carbocycles. The van der Waals surface area contributed by atoms with Crippen LogP contribution in [0.4, 0.5) is 10.1 Å². The molecular weight excluding hydrogens is 333 g/mol. The Morgan fingerprint density at radius 3 is 2.81 bits per heavy atom. The number of hydrogen-bond acceptors (Lipinski definition) is 4. The van der Waals surface area contributed by atoms with Gasteiger partial charge in [0.1, 0.15) is 11.9 Å². The molecule has 26 heavy (non-hydrogen) atoms. The molecule has 6 heteroatoms. The quantitative estimate of drug-likeness (QED) is 0.907. The number of nitrogens with zero attached hydrogens (tertiary/aromatic N) is 2. The van der Waals surface area contributed by atoms with E-state index in [9.17, 15) is 9.18 Å². The Kier molecular flexibility index (Phi) is 5.41. The second-order valence-corrected chi connectivity index (χ2v) is 7.50. The number of ether oxygens (including phenoxy) is 1. The number of rotatable bonds is 4. The molecule has 0 radical (unpaired) electrons. The van der Waals surface area contributed by atoms with Crippen molar-refractivity contribution >= 4 is 5.69 Å². The van der Waals surface area contributed by atoms with Gasteiger partial charge in [-0.15, -0.1) is 0 Å². The predicted molar refractivity (Wildman–Crippen MR) is 100 cm³/mol. The average molecular weight is 359 g/mol. The number of morpholine rings is 1. The van der Waals surface area contributed by atoms with Crippen LogP contribution >= 0.6 is 0 Å². The summed E-state index contributed by atoms with van der Waals surface area (Å²) in [6.45, 7) is 9.21. The fourth-order valence-corrected chi connectivity index (χ4v) is 3.51. The number of anilines is 1. The summed E-state index contributed by atoms with van der Waals surface area (Å²) in [7, 11) is 0. The van der Waals surface area contributed by atoms with Crippen molar-refractivity contribution in [3.63, 3.8) is 0 Å². The van der Waals surface area contributed by atoms with Gasteiger partial charge in [-0.2, -0.15) is 5.10 Å². The Hall–Kier alpha value is -2.21. The second-order valence-electron chi connectivity index (χ2n) is 7.50. The summed E-state index contributed by atoms with van der Waals surface area (Å²) in [4.78, 5) is 14.1. The van der Waals surface area contributed by atoms with Crippen molar-refractivity contribution in [1.82, 2.24) is 10.2 Å². The van der Waals surface area contributed by atoms with Gasteiger partial charge < -0.3 is 9.64 Å². The maximum Gasteiger partial charge on any atom is 0.269 e. The fourth-order valence-electron chi connectivity index (χ4n) is 3.51. The lowest BCUT2D eigenvalue weighted by molar-refractivity contribution is -0.0367. The van der Waals surface area contributed by atoms with Gasteiger partial charge in [-0.25, -0.2) is 9.49 Å². The Morgan fingerprint density at radius 1 is 1.35 bits per heavy atom. The normalized spacial score (nSPS) is 20.6. The lowest BCUT2D eigenvalue weighted by Gasteiger charge is -2.40. The molecule has 2 heterocycles. The molecule has 0 aliphatic carbocycles. The minimum Gasteiger partial charge on any atom is -0.367 e. The molecule has 2 atom stereocenters. The van der Waals surface area contributed by atoms with E-state index in [1.165, 1.54) is 6.07 Å². The summed E-state index contributed by atoms with van der Waals surface area (Å²) >= 11 is 0. The number of benzene rings is 1. The second kappa shape index (κ2) is 7.58. The standard InChI is InChI=1S/C20H26FN3O2/c1-12(2)7-16-10-24(18-9-22-23-20(25)14(18)4)11-19(26-16)15-5-6-17(21)13(3)8-15/h5-6,8-9,12,16,19H,7,10-11H2,1-4H3,(H,23,25). The van der Waals surface area contributed by atoms with E-state index in [0.717, 1.165) is 17.7 Å². The largest absolute Gasteiger partial charge is 0.367 e. The van der Waals surface area contributed by atoms with Crippen LogP contribution in [0.5, 0.6) is 0 Å². The van der Waals surface area contributed by atoms with Gasteiger partial charge >= 0.3 is 0 Å². The summed E-state index contributed by atoms with van der Waals surface area (Å²) < 4.78 is 20.0. The maximum absolute atomic E-state index is 13.7. The molecular formula is C20H26FN3O2. The van der Waals surface area contributed by atoms with Crippen LogP contribution < -0.4 is 10.5 Å². The highest BCUT2D eigenvalue weighted by molar-refractivity contribution is 5.51. The summed E-state index contributed by atoms with van der Waals surface area (Å²) in [5.41, 5.74) is 2.87. The van der Waals surface area contributed by atoms with Crippen LogP contribution in [0.2, 0.25) is 0 Å². The van der Waals surface area contributed by atoms with Gasteiger partial charge in [0, 0.05) is 18.7 Å². The van der Waals surface area contributed by atoms with Crippen LogP contribution in [0.15, 0.2) is 29.2 Å². The van der Waals surface area contributed by atoms with Gasteiger partial charge in [0.2, 0.25) is 0 Å². The molecule has 0 spiro atoms. The molecule has 3 rings (SSSR count). The van der Waals surface area contributed by atoms with Crippen molar-refractivity contribution in [1.29, 1.82) is 0 Å². The molecule has 1 fully saturated rings. The van der Waals surface area contributed by atoms with E-state index in [2.05, 4.69) is 28.9 Å². The first-order valence-electron chi connectivity index (χ1n) is 9.06. The highest BCUT2D eigenvalue weighted by Gasteiger charge is 2.30. The van der Waals surface area contributed by atoms with E-state index in [0.29, 0.717) is 30.1 Å². The number of aromatic nitrogens is 2. The predicted octanol–water partition coefficient (Wildman–Crippen LogP) is 3.52. The topological polar surface area (TPSA) is 58.2 Å². The molecule has 1 N–H and O–H groups in total. The molecule has 140 valence electrons. The minimum absolute atomic E-state index is 0.0396. The van der Waals surface area contributed by atoms with Crippen molar-refractivity contribution in [2.45, 2.75) is 46.3 Å². The van der Waals surface area contributed by atoms with Gasteiger partial charge in [0.05, 0.1) is 18.0 Å². The first-order valence-corrected chi connectivity index (χ1v) is 9.06. The van der Waals surface area contributed by atoms with Crippen LogP contribution in [0.3, 0.4) is 0 Å². The molecule has 1 aromatic heterocycles. The van der Waals surface area contributed by atoms with E-state index >= 15 is 0 Å². The Morgan fingerprint density at radius 2 is 2.12 bits per heavy atom. The van der Waals surface area contributed by atoms with Crippen molar-refractivity contribution in [3.05, 3.63) is 57.3 Å². The smallest absolute Gasteiger partial charge is 0.269 e. The number of halogens is 1. The molecule has 1 aromatic carbocycles. The minimum atomic E-state index is -0.213. The number of aryl methyl sites for hydroxylation is 1. The zero-order valence-corrected chi connectivity index (χ0v) is 15.8. The number of hydrogen-bond donors (Lipinski definition) is 1.